The van der Waals surface area contributed by atoms with Crippen LogP contribution in [0.3, 0.4) is 0 Å². The molecule has 2 amide bonds. The molecule has 218 valence electrons. The highest BCUT2D eigenvalue weighted by Crippen LogP contribution is 2.41. The zero-order valence-electron chi connectivity index (χ0n) is 24.6. The minimum absolute atomic E-state index is 0.00224. The number of hydrogen-bond acceptors (Lipinski definition) is 8. The van der Waals surface area contributed by atoms with Gasteiger partial charge in [0.2, 0.25) is 0 Å². The molecule has 0 unspecified atom stereocenters. The highest BCUT2D eigenvalue weighted by Gasteiger charge is 2.39. The molecule has 2 aromatic carbocycles. The van der Waals surface area contributed by atoms with Gasteiger partial charge in [-0.2, -0.15) is 5.26 Å². The molecule has 11 nitrogen and oxygen atoms in total. The largest absolute Gasteiger partial charge is 0.490 e. The molecule has 2 aromatic rings. The minimum atomic E-state index is -0.778. The zero-order chi connectivity index (χ0) is 30.5. The molecule has 0 saturated carbocycles. The third kappa shape index (κ3) is 7.33. The van der Waals surface area contributed by atoms with Crippen LogP contribution in [0.5, 0.6) is 5.75 Å². The normalized spacial score (nSPS) is 14.6. The first-order valence-corrected chi connectivity index (χ1v) is 13.3. The third-order valence-electron chi connectivity index (χ3n) is 6.49. The van der Waals surface area contributed by atoms with E-state index in [1.807, 2.05) is 46.8 Å². The molecular weight excluding hydrogens is 526 g/mol. The van der Waals surface area contributed by atoms with Crippen molar-refractivity contribution < 1.29 is 28.7 Å². The molecule has 0 radical (unpaired) electrons. The van der Waals surface area contributed by atoms with Gasteiger partial charge in [0.15, 0.2) is 12.4 Å². The molecule has 3 rings (SSSR count). The van der Waals surface area contributed by atoms with E-state index in [0.717, 1.165) is 11.1 Å². The van der Waals surface area contributed by atoms with Crippen LogP contribution in [0.1, 0.15) is 79.7 Å². The summed E-state index contributed by atoms with van der Waals surface area (Å²) in [5.41, 5.74) is 8.31. The number of nitrogens with zero attached hydrogens (tertiary/aromatic N) is 4. The summed E-state index contributed by atoms with van der Waals surface area (Å²) >= 11 is 0. The average molecular weight is 564 g/mol. The number of amidine groups is 1. The summed E-state index contributed by atoms with van der Waals surface area (Å²) in [6, 6.07) is 11.6. The SMILES string of the molecule is CC(C)Oc1ccc(C(=O)O/N=C(\N)c2cccc3c2CC[C@@H]3N(C(=O)OCC(=O)N(C)C)C(C)(C)C)cc1C#N. The Bertz CT molecular complexity index is 1390. The Morgan fingerprint density at radius 2 is 1.88 bits per heavy atom. The van der Waals surface area contributed by atoms with Gasteiger partial charge in [0, 0.05) is 25.2 Å². The molecule has 2 N–H and O–H groups in total. The van der Waals surface area contributed by atoms with Crippen LogP contribution in [0, 0.1) is 11.3 Å². The second-order valence-electron chi connectivity index (χ2n) is 11.2. The number of fused-ring (bicyclic) bond motifs is 1. The van der Waals surface area contributed by atoms with Crippen molar-refractivity contribution >= 4 is 23.8 Å². The van der Waals surface area contributed by atoms with Crippen molar-refractivity contribution in [3.05, 3.63) is 64.2 Å². The van der Waals surface area contributed by atoms with Crippen LogP contribution in [0.15, 0.2) is 41.6 Å². The molecule has 0 spiro atoms. The fourth-order valence-corrected chi connectivity index (χ4v) is 4.62. The molecule has 0 aromatic heterocycles. The molecule has 0 heterocycles. The molecule has 41 heavy (non-hydrogen) atoms. The van der Waals surface area contributed by atoms with Gasteiger partial charge in [-0.3, -0.25) is 9.69 Å². The molecule has 1 aliphatic carbocycles. The van der Waals surface area contributed by atoms with E-state index < -0.39 is 17.6 Å². The smallest absolute Gasteiger partial charge is 0.411 e. The quantitative estimate of drug-likeness (QED) is 0.218. The number of oxime groups is 1. The first-order valence-electron chi connectivity index (χ1n) is 13.3. The van der Waals surface area contributed by atoms with E-state index in [2.05, 4.69) is 5.16 Å². The van der Waals surface area contributed by atoms with Gasteiger partial charge in [-0.15, -0.1) is 0 Å². The lowest BCUT2D eigenvalue weighted by atomic mass is 9.98. The third-order valence-corrected chi connectivity index (χ3v) is 6.49. The Morgan fingerprint density at radius 3 is 2.49 bits per heavy atom. The van der Waals surface area contributed by atoms with Crippen molar-refractivity contribution in [2.24, 2.45) is 10.9 Å². The predicted octanol–water partition coefficient (Wildman–Crippen LogP) is 4.14. The number of nitrogens with two attached hydrogens (primary N) is 1. The van der Waals surface area contributed by atoms with E-state index in [1.54, 1.807) is 31.1 Å². The van der Waals surface area contributed by atoms with Crippen LogP contribution in [0.2, 0.25) is 0 Å². The van der Waals surface area contributed by atoms with Crippen molar-refractivity contribution in [1.82, 2.24) is 9.80 Å². The van der Waals surface area contributed by atoms with E-state index >= 15 is 0 Å². The fraction of sp³-hybridized carbons (Fsp3) is 0.433. The van der Waals surface area contributed by atoms with E-state index in [9.17, 15) is 19.6 Å². The van der Waals surface area contributed by atoms with Gasteiger partial charge in [-0.05, 0) is 76.8 Å². The summed E-state index contributed by atoms with van der Waals surface area (Å²) in [6.07, 6.45) is 0.479. The van der Waals surface area contributed by atoms with Crippen LogP contribution in [0.25, 0.3) is 0 Å². The molecule has 1 atom stereocenters. The van der Waals surface area contributed by atoms with Gasteiger partial charge >= 0.3 is 12.1 Å². The summed E-state index contributed by atoms with van der Waals surface area (Å²) in [4.78, 5) is 45.9. The van der Waals surface area contributed by atoms with Gasteiger partial charge in [0.25, 0.3) is 5.91 Å². The van der Waals surface area contributed by atoms with Gasteiger partial charge in [-0.1, -0.05) is 23.4 Å². The number of rotatable bonds is 8. The van der Waals surface area contributed by atoms with Crippen molar-refractivity contribution in [1.29, 1.82) is 5.26 Å². The highest BCUT2D eigenvalue weighted by atomic mass is 16.7. The standard InChI is InChI=1S/C30H37N5O6/c1-18(2)40-25-14-11-19(15-20(25)16-31)28(37)41-33-27(32)23-10-8-9-22-21(23)12-13-24(22)35(30(3,4)5)29(38)39-17-26(36)34(6)7/h8-11,14-15,18,24H,12-13,17H2,1-7H3,(H2,32,33)/t24-/m0/s1. The lowest BCUT2D eigenvalue weighted by molar-refractivity contribution is -0.132. The zero-order valence-corrected chi connectivity index (χ0v) is 24.6. The Hall–Kier alpha value is -4.59. The van der Waals surface area contributed by atoms with E-state index in [4.69, 9.17) is 20.0 Å². The molecule has 11 heteroatoms. The second kappa shape index (κ2) is 12.7. The second-order valence-corrected chi connectivity index (χ2v) is 11.2. The van der Waals surface area contributed by atoms with Crippen LogP contribution >= 0.6 is 0 Å². The molecular formula is C30H37N5O6. The lowest BCUT2D eigenvalue weighted by Crippen LogP contribution is -2.48. The van der Waals surface area contributed by atoms with Crippen LogP contribution < -0.4 is 10.5 Å². The number of benzene rings is 2. The maximum atomic E-state index is 13.2. The number of hydrogen-bond donors (Lipinski definition) is 1. The van der Waals surface area contributed by atoms with E-state index in [-0.39, 0.29) is 41.6 Å². The van der Waals surface area contributed by atoms with Gasteiger partial charge in [0.05, 0.1) is 23.3 Å². The van der Waals surface area contributed by atoms with Gasteiger partial charge in [-0.25, -0.2) is 9.59 Å². The molecule has 1 aliphatic rings. The van der Waals surface area contributed by atoms with Gasteiger partial charge in [0.1, 0.15) is 11.8 Å². The first-order chi connectivity index (χ1) is 19.2. The summed E-state index contributed by atoms with van der Waals surface area (Å²) < 4.78 is 11.0. The number of carbonyl (C=O) groups is 3. The van der Waals surface area contributed by atoms with E-state index in [1.165, 1.54) is 23.1 Å². The Kier molecular flexibility index (Phi) is 9.60. The minimum Gasteiger partial charge on any atom is -0.490 e. The molecule has 0 aliphatic heterocycles. The number of ether oxygens (including phenoxy) is 2. The van der Waals surface area contributed by atoms with Crippen molar-refractivity contribution in [2.45, 2.75) is 65.1 Å². The van der Waals surface area contributed by atoms with Crippen LogP contribution in [0.4, 0.5) is 4.79 Å². The van der Waals surface area contributed by atoms with Crippen LogP contribution in [-0.2, 0) is 20.8 Å². The lowest BCUT2D eigenvalue weighted by Gasteiger charge is -2.39. The first kappa shape index (κ1) is 30.9. The van der Waals surface area contributed by atoms with Gasteiger partial charge < -0.3 is 24.9 Å². The number of nitriles is 1. The van der Waals surface area contributed by atoms with Crippen molar-refractivity contribution in [2.75, 3.05) is 20.7 Å². The topological polar surface area (TPSA) is 148 Å². The Morgan fingerprint density at radius 1 is 1.17 bits per heavy atom. The number of likely N-dealkylation sites (N-methyl/N-ethyl adjacent to an activating group) is 1. The van der Waals surface area contributed by atoms with Crippen molar-refractivity contribution in [3.8, 4) is 11.8 Å². The average Bonchev–Trinajstić information content (AvgIpc) is 3.32. The molecule has 0 bridgehead atoms. The number of amides is 2. The molecule has 0 saturated heterocycles. The number of carbonyl (C=O) groups excluding carboxylic acids is 3. The predicted molar refractivity (Wildman–Crippen MR) is 152 cm³/mol. The van der Waals surface area contributed by atoms with Crippen LogP contribution in [-0.4, -0.2) is 66.0 Å². The molecule has 0 fully saturated rings. The van der Waals surface area contributed by atoms with E-state index in [0.29, 0.717) is 24.2 Å². The summed E-state index contributed by atoms with van der Waals surface area (Å²) in [6.45, 7) is 9.02. The monoisotopic (exact) mass is 563 g/mol. The fourth-order valence-electron chi connectivity index (χ4n) is 4.62. The maximum Gasteiger partial charge on any atom is 0.411 e. The highest BCUT2D eigenvalue weighted by molar-refractivity contribution is 6.00. The maximum absolute atomic E-state index is 13.2. The Balaban J connectivity index is 1.82. The Labute approximate surface area is 240 Å². The summed E-state index contributed by atoms with van der Waals surface area (Å²) in [5, 5.41) is 13.3. The summed E-state index contributed by atoms with van der Waals surface area (Å²) in [5.74, 6) is -0.727. The summed E-state index contributed by atoms with van der Waals surface area (Å²) in [7, 11) is 3.19. The van der Waals surface area contributed by atoms with Crippen molar-refractivity contribution in [3.63, 3.8) is 0 Å².